The normalized spacial score (nSPS) is 19.1. The summed E-state index contributed by atoms with van der Waals surface area (Å²) < 4.78 is 15.3. The van der Waals surface area contributed by atoms with Crippen LogP contribution in [0.4, 0.5) is 26.4 Å². The van der Waals surface area contributed by atoms with Crippen molar-refractivity contribution < 1.29 is 9.18 Å². The number of aromatic nitrogens is 2. The van der Waals surface area contributed by atoms with Gasteiger partial charge in [0.25, 0.3) is 0 Å². The van der Waals surface area contributed by atoms with Gasteiger partial charge >= 0.3 is 6.03 Å². The standard InChI is InChI=1S/C24H24FN7O/c1-12-17(10-29-19-3-2-4-28-23(12)19)16-7-14-8-20(30-11-18(14)22(27)21(16)25)32-24(33)31-15-5-13(6-15)9-26/h7-8,10-11,13,15,28H,2-6,27H2,1H3,(H2,30,31,32,33). The predicted octanol–water partition coefficient (Wildman–Crippen LogP) is 4.11. The van der Waals surface area contributed by atoms with Crippen molar-refractivity contribution in [1.29, 1.82) is 5.26 Å². The molecule has 5 N–H and O–H groups in total. The average Bonchev–Trinajstić information content (AvgIpc) is 2.79. The highest BCUT2D eigenvalue weighted by atomic mass is 19.1. The lowest BCUT2D eigenvalue weighted by atomic mass is 9.81. The maximum atomic E-state index is 15.3. The van der Waals surface area contributed by atoms with E-state index in [0.29, 0.717) is 40.6 Å². The molecule has 1 aliphatic heterocycles. The minimum Gasteiger partial charge on any atom is -0.396 e. The molecule has 3 heterocycles. The average molecular weight is 446 g/mol. The number of aryl methyl sites for hydroxylation is 1. The second-order valence-corrected chi connectivity index (χ2v) is 8.68. The van der Waals surface area contributed by atoms with E-state index in [1.54, 1.807) is 18.3 Å². The second-order valence-electron chi connectivity index (χ2n) is 8.68. The number of benzene rings is 1. The van der Waals surface area contributed by atoms with Gasteiger partial charge in [0.15, 0.2) is 5.82 Å². The number of fused-ring (bicyclic) bond motifs is 2. The zero-order valence-corrected chi connectivity index (χ0v) is 18.2. The fraction of sp³-hybridized carbons (Fsp3) is 0.333. The zero-order chi connectivity index (χ0) is 23.1. The summed E-state index contributed by atoms with van der Waals surface area (Å²) in [4.78, 5) is 21.1. The van der Waals surface area contributed by atoms with Gasteiger partial charge in [0, 0.05) is 41.5 Å². The number of pyridine rings is 2. The summed E-state index contributed by atoms with van der Waals surface area (Å²) in [5, 5.41) is 18.9. The maximum absolute atomic E-state index is 15.3. The third kappa shape index (κ3) is 3.78. The van der Waals surface area contributed by atoms with Gasteiger partial charge in [0.1, 0.15) is 5.82 Å². The van der Waals surface area contributed by atoms with Gasteiger partial charge in [-0.3, -0.25) is 10.3 Å². The lowest BCUT2D eigenvalue weighted by Crippen LogP contribution is -2.45. The Bertz CT molecular complexity index is 1310. The number of nitrogen functional groups attached to an aromatic ring is 1. The summed E-state index contributed by atoms with van der Waals surface area (Å²) in [7, 11) is 0. The first-order valence-electron chi connectivity index (χ1n) is 11.0. The van der Waals surface area contributed by atoms with Crippen LogP contribution in [0.1, 0.15) is 30.5 Å². The second kappa shape index (κ2) is 8.20. The Morgan fingerprint density at radius 1 is 1.27 bits per heavy atom. The Hall–Kier alpha value is -3.93. The van der Waals surface area contributed by atoms with E-state index in [2.05, 4.69) is 32.0 Å². The molecule has 8 nitrogen and oxygen atoms in total. The van der Waals surface area contributed by atoms with Crippen LogP contribution >= 0.6 is 0 Å². The van der Waals surface area contributed by atoms with Crippen LogP contribution in [0.25, 0.3) is 21.9 Å². The summed E-state index contributed by atoms with van der Waals surface area (Å²) in [5.74, 6) is -0.183. The first-order chi connectivity index (χ1) is 15.9. The Balaban J connectivity index is 1.46. The first-order valence-corrected chi connectivity index (χ1v) is 11.0. The smallest absolute Gasteiger partial charge is 0.320 e. The van der Waals surface area contributed by atoms with Gasteiger partial charge in [-0.1, -0.05) is 0 Å². The maximum Gasteiger partial charge on any atom is 0.320 e. The third-order valence-electron chi connectivity index (χ3n) is 6.50. The largest absolute Gasteiger partial charge is 0.396 e. The SMILES string of the molecule is Cc1c(-c2cc3cc(NC(=O)NC4CC(C#N)C4)ncc3c(N)c2F)cnc2c1NCCC2. The number of hydrogen-bond acceptors (Lipinski definition) is 6. The van der Waals surface area contributed by atoms with Gasteiger partial charge in [-0.25, -0.2) is 14.2 Å². The molecule has 1 aliphatic carbocycles. The van der Waals surface area contributed by atoms with Crippen LogP contribution in [0.2, 0.25) is 0 Å². The molecule has 1 saturated carbocycles. The minimum atomic E-state index is -0.513. The fourth-order valence-corrected chi connectivity index (χ4v) is 4.56. The van der Waals surface area contributed by atoms with E-state index in [1.807, 2.05) is 6.92 Å². The highest BCUT2D eigenvalue weighted by Gasteiger charge is 2.30. The van der Waals surface area contributed by atoms with Gasteiger partial charge in [-0.15, -0.1) is 0 Å². The molecule has 2 aromatic heterocycles. The molecule has 3 aromatic rings. The summed E-state index contributed by atoms with van der Waals surface area (Å²) in [5.41, 5.74) is 10.1. The molecular weight excluding hydrogens is 421 g/mol. The molecule has 0 atom stereocenters. The number of nitriles is 1. The highest BCUT2D eigenvalue weighted by molar-refractivity contribution is 5.99. The van der Waals surface area contributed by atoms with E-state index in [4.69, 9.17) is 11.0 Å². The molecule has 1 fully saturated rings. The Morgan fingerprint density at radius 3 is 2.88 bits per heavy atom. The van der Waals surface area contributed by atoms with E-state index in [1.165, 1.54) is 6.20 Å². The topological polar surface area (TPSA) is 129 Å². The number of nitrogens with zero attached hydrogens (tertiary/aromatic N) is 3. The van der Waals surface area contributed by atoms with Crippen LogP contribution in [-0.4, -0.2) is 28.6 Å². The van der Waals surface area contributed by atoms with Crippen molar-refractivity contribution in [3.63, 3.8) is 0 Å². The van der Waals surface area contributed by atoms with Crippen LogP contribution in [0.15, 0.2) is 24.5 Å². The lowest BCUT2D eigenvalue weighted by molar-refractivity contribution is 0.230. The number of amides is 2. The van der Waals surface area contributed by atoms with Gasteiger partial charge in [0.2, 0.25) is 0 Å². The molecule has 2 amide bonds. The van der Waals surface area contributed by atoms with Crippen molar-refractivity contribution in [2.24, 2.45) is 5.92 Å². The van der Waals surface area contributed by atoms with Gasteiger partial charge < -0.3 is 16.4 Å². The molecule has 1 aromatic carbocycles. The molecule has 5 rings (SSSR count). The molecule has 0 unspecified atom stereocenters. The number of hydrogen-bond donors (Lipinski definition) is 4. The Labute approximate surface area is 190 Å². The molecule has 0 radical (unpaired) electrons. The van der Waals surface area contributed by atoms with Crippen LogP contribution < -0.4 is 21.7 Å². The number of nitrogens with one attached hydrogen (secondary N) is 3. The van der Waals surface area contributed by atoms with Crippen molar-refractivity contribution in [2.45, 2.75) is 38.6 Å². The summed E-state index contributed by atoms with van der Waals surface area (Å²) in [6.45, 7) is 2.82. The summed E-state index contributed by atoms with van der Waals surface area (Å²) >= 11 is 0. The molecule has 9 heteroatoms. The van der Waals surface area contributed by atoms with Crippen molar-refractivity contribution in [2.75, 3.05) is 22.9 Å². The van der Waals surface area contributed by atoms with Gasteiger partial charge in [0.05, 0.1) is 29.1 Å². The van der Waals surface area contributed by atoms with Crippen LogP contribution in [0.3, 0.4) is 0 Å². The Morgan fingerprint density at radius 2 is 2.09 bits per heavy atom. The molecular formula is C24H24FN7O. The summed E-state index contributed by atoms with van der Waals surface area (Å²) in [6.07, 6.45) is 6.38. The van der Waals surface area contributed by atoms with E-state index in [0.717, 1.165) is 36.3 Å². The molecule has 0 saturated heterocycles. The van der Waals surface area contributed by atoms with Crippen LogP contribution in [0.5, 0.6) is 0 Å². The molecule has 2 aliphatic rings. The highest BCUT2D eigenvalue weighted by Crippen LogP contribution is 2.38. The number of urea groups is 1. The molecule has 0 spiro atoms. The van der Waals surface area contributed by atoms with E-state index < -0.39 is 5.82 Å². The Kier molecular flexibility index (Phi) is 5.21. The van der Waals surface area contributed by atoms with E-state index in [9.17, 15) is 4.79 Å². The number of anilines is 3. The van der Waals surface area contributed by atoms with Gasteiger partial charge in [-0.2, -0.15) is 5.26 Å². The monoisotopic (exact) mass is 445 g/mol. The summed E-state index contributed by atoms with van der Waals surface area (Å²) in [6, 6.07) is 5.17. The zero-order valence-electron chi connectivity index (χ0n) is 18.2. The number of nitrogens with two attached hydrogens (primary N) is 1. The first kappa shape index (κ1) is 20.9. The lowest BCUT2D eigenvalue weighted by Gasteiger charge is -2.31. The van der Waals surface area contributed by atoms with Crippen molar-refractivity contribution in [1.82, 2.24) is 15.3 Å². The molecule has 0 bridgehead atoms. The van der Waals surface area contributed by atoms with Crippen LogP contribution in [0, 0.1) is 30.0 Å². The van der Waals surface area contributed by atoms with E-state index in [-0.39, 0.29) is 23.7 Å². The predicted molar refractivity (Wildman–Crippen MR) is 125 cm³/mol. The number of carbonyl (C=O) groups excluding carboxylic acids is 1. The number of halogens is 1. The minimum absolute atomic E-state index is 0.00197. The van der Waals surface area contributed by atoms with E-state index >= 15 is 4.39 Å². The molecule has 168 valence electrons. The van der Waals surface area contributed by atoms with Crippen molar-refractivity contribution in [3.8, 4) is 17.2 Å². The number of rotatable bonds is 3. The number of carbonyl (C=O) groups is 1. The third-order valence-corrected chi connectivity index (χ3v) is 6.50. The quantitative estimate of drug-likeness (QED) is 0.449. The molecule has 33 heavy (non-hydrogen) atoms. The van der Waals surface area contributed by atoms with Gasteiger partial charge in [-0.05, 0) is 55.7 Å². The van der Waals surface area contributed by atoms with Crippen molar-refractivity contribution >= 4 is 34.0 Å². The van der Waals surface area contributed by atoms with Crippen LogP contribution in [-0.2, 0) is 6.42 Å². The fourth-order valence-electron chi connectivity index (χ4n) is 4.56. The van der Waals surface area contributed by atoms with Crippen molar-refractivity contribution in [3.05, 3.63) is 41.6 Å².